The van der Waals surface area contributed by atoms with Crippen LogP contribution in [0, 0.1) is 0 Å². The Morgan fingerprint density at radius 3 is 2.71 bits per heavy atom. The van der Waals surface area contributed by atoms with Gasteiger partial charge >= 0.3 is 0 Å². The van der Waals surface area contributed by atoms with Gasteiger partial charge in [-0.2, -0.15) is 0 Å². The molecule has 2 radical (unpaired) electrons. The standard InChI is InChI=1S/C11H15BO2/c1-4-8(2)14-9-5-6-10(12)11(7-9)13-3/h5-8H,4H2,1-3H3. The van der Waals surface area contributed by atoms with Gasteiger partial charge in [0.05, 0.1) is 13.2 Å². The van der Waals surface area contributed by atoms with Crippen LogP contribution in [0.1, 0.15) is 20.3 Å². The Bertz CT molecular complexity index is 299. The Morgan fingerprint density at radius 1 is 1.43 bits per heavy atom. The number of methoxy groups -OCH3 is 1. The highest BCUT2D eigenvalue weighted by Gasteiger charge is 2.03. The molecule has 0 fully saturated rings. The molecule has 2 nitrogen and oxygen atoms in total. The summed E-state index contributed by atoms with van der Waals surface area (Å²) in [5.41, 5.74) is 0.629. The van der Waals surface area contributed by atoms with Crippen molar-refractivity contribution in [3.05, 3.63) is 18.2 Å². The molecule has 0 aliphatic rings. The second kappa shape index (κ2) is 4.94. The van der Waals surface area contributed by atoms with E-state index >= 15 is 0 Å². The maximum atomic E-state index is 5.68. The van der Waals surface area contributed by atoms with E-state index in [4.69, 9.17) is 17.3 Å². The van der Waals surface area contributed by atoms with Gasteiger partial charge in [0.15, 0.2) is 0 Å². The van der Waals surface area contributed by atoms with Gasteiger partial charge < -0.3 is 9.47 Å². The maximum Gasteiger partial charge on any atom is 0.123 e. The van der Waals surface area contributed by atoms with Crippen molar-refractivity contribution < 1.29 is 9.47 Å². The predicted octanol–water partition coefficient (Wildman–Crippen LogP) is 1.67. The molecule has 0 N–H and O–H groups in total. The average Bonchev–Trinajstić information content (AvgIpc) is 2.20. The van der Waals surface area contributed by atoms with Crippen LogP contribution in [0.15, 0.2) is 18.2 Å². The fraction of sp³-hybridized carbons (Fsp3) is 0.455. The number of ether oxygens (including phenoxy) is 2. The topological polar surface area (TPSA) is 18.5 Å². The highest BCUT2D eigenvalue weighted by molar-refractivity contribution is 6.34. The minimum Gasteiger partial charge on any atom is -0.497 e. The van der Waals surface area contributed by atoms with Crippen molar-refractivity contribution in [2.75, 3.05) is 7.11 Å². The van der Waals surface area contributed by atoms with Crippen molar-refractivity contribution >= 4 is 13.3 Å². The number of hydrogen-bond donors (Lipinski definition) is 0. The molecule has 1 aromatic carbocycles. The second-order valence-electron chi connectivity index (χ2n) is 3.24. The summed E-state index contributed by atoms with van der Waals surface area (Å²) in [6.07, 6.45) is 1.19. The Balaban J connectivity index is 2.79. The number of rotatable bonds is 4. The minimum atomic E-state index is 0.211. The molecule has 0 saturated carbocycles. The largest absolute Gasteiger partial charge is 0.497 e. The molecule has 1 atom stereocenters. The van der Waals surface area contributed by atoms with Crippen LogP contribution in [0.25, 0.3) is 0 Å². The SMILES string of the molecule is [B]c1ccc(OC(C)CC)cc1OC. The smallest absolute Gasteiger partial charge is 0.123 e. The summed E-state index contributed by atoms with van der Waals surface area (Å²) < 4.78 is 10.7. The molecule has 0 saturated heterocycles. The molecule has 14 heavy (non-hydrogen) atoms. The van der Waals surface area contributed by atoms with Crippen molar-refractivity contribution in [1.82, 2.24) is 0 Å². The van der Waals surface area contributed by atoms with Gasteiger partial charge in [-0.15, -0.1) is 0 Å². The first-order valence-electron chi connectivity index (χ1n) is 4.77. The zero-order chi connectivity index (χ0) is 10.6. The van der Waals surface area contributed by atoms with Crippen molar-refractivity contribution in [2.45, 2.75) is 26.4 Å². The zero-order valence-electron chi connectivity index (χ0n) is 8.91. The summed E-state index contributed by atoms with van der Waals surface area (Å²) in [4.78, 5) is 0. The maximum absolute atomic E-state index is 5.68. The zero-order valence-corrected chi connectivity index (χ0v) is 8.91. The van der Waals surface area contributed by atoms with Gasteiger partial charge in [0, 0.05) is 6.07 Å². The summed E-state index contributed by atoms with van der Waals surface area (Å²) in [7, 11) is 7.28. The van der Waals surface area contributed by atoms with Gasteiger partial charge in [-0.25, -0.2) is 0 Å². The molecule has 1 unspecified atom stereocenters. The Morgan fingerprint density at radius 2 is 2.14 bits per heavy atom. The normalized spacial score (nSPS) is 12.2. The molecular weight excluding hydrogens is 175 g/mol. The average molecular weight is 190 g/mol. The first kappa shape index (κ1) is 11.0. The van der Waals surface area contributed by atoms with Crippen LogP contribution >= 0.6 is 0 Å². The Kier molecular flexibility index (Phi) is 3.87. The number of hydrogen-bond acceptors (Lipinski definition) is 2. The van der Waals surface area contributed by atoms with Crippen LogP contribution in [0.5, 0.6) is 11.5 Å². The molecule has 0 heterocycles. The van der Waals surface area contributed by atoms with Crippen LogP contribution < -0.4 is 14.9 Å². The van der Waals surface area contributed by atoms with Gasteiger partial charge in [-0.05, 0) is 19.4 Å². The third-order valence-corrected chi connectivity index (χ3v) is 2.12. The molecule has 0 spiro atoms. The van der Waals surface area contributed by atoms with E-state index in [2.05, 4.69) is 6.92 Å². The number of benzene rings is 1. The van der Waals surface area contributed by atoms with E-state index in [1.54, 1.807) is 13.2 Å². The molecular formula is C11H15BO2. The monoisotopic (exact) mass is 190 g/mol. The van der Waals surface area contributed by atoms with Gasteiger partial charge in [-0.3, -0.25) is 0 Å². The predicted molar refractivity (Wildman–Crippen MR) is 58.8 cm³/mol. The van der Waals surface area contributed by atoms with Crippen molar-refractivity contribution in [2.24, 2.45) is 0 Å². The third-order valence-electron chi connectivity index (χ3n) is 2.12. The molecule has 1 aromatic rings. The highest BCUT2D eigenvalue weighted by atomic mass is 16.5. The lowest BCUT2D eigenvalue weighted by Crippen LogP contribution is -2.12. The molecule has 74 valence electrons. The van der Waals surface area contributed by atoms with E-state index in [1.807, 2.05) is 19.1 Å². The van der Waals surface area contributed by atoms with Crippen LogP contribution in [-0.4, -0.2) is 21.1 Å². The molecule has 0 aliphatic carbocycles. The van der Waals surface area contributed by atoms with Crippen molar-refractivity contribution in [1.29, 1.82) is 0 Å². The molecule has 0 bridgehead atoms. The summed E-state index contributed by atoms with van der Waals surface area (Å²) in [6.45, 7) is 4.11. The first-order chi connectivity index (χ1) is 6.67. The van der Waals surface area contributed by atoms with Crippen molar-refractivity contribution in [3.63, 3.8) is 0 Å². The lowest BCUT2D eigenvalue weighted by Gasteiger charge is -2.14. The summed E-state index contributed by atoms with van der Waals surface area (Å²) in [5.74, 6) is 1.45. The fourth-order valence-electron chi connectivity index (χ4n) is 1.08. The molecule has 0 amide bonds. The van der Waals surface area contributed by atoms with Gasteiger partial charge in [-0.1, -0.05) is 18.5 Å². The minimum absolute atomic E-state index is 0.211. The van der Waals surface area contributed by atoms with E-state index in [0.29, 0.717) is 11.2 Å². The molecule has 0 aromatic heterocycles. The van der Waals surface area contributed by atoms with E-state index in [0.717, 1.165) is 12.2 Å². The fourth-order valence-corrected chi connectivity index (χ4v) is 1.08. The molecule has 0 aliphatic heterocycles. The van der Waals surface area contributed by atoms with E-state index in [9.17, 15) is 0 Å². The van der Waals surface area contributed by atoms with Crippen LogP contribution in [0.4, 0.5) is 0 Å². The Hall–Kier alpha value is -1.12. The van der Waals surface area contributed by atoms with Gasteiger partial charge in [0.2, 0.25) is 0 Å². The van der Waals surface area contributed by atoms with Crippen LogP contribution in [-0.2, 0) is 0 Å². The third kappa shape index (κ3) is 2.69. The lowest BCUT2D eigenvalue weighted by molar-refractivity contribution is 0.216. The highest BCUT2D eigenvalue weighted by Crippen LogP contribution is 2.18. The quantitative estimate of drug-likeness (QED) is 0.672. The summed E-state index contributed by atoms with van der Waals surface area (Å²) in [6, 6.07) is 5.45. The van der Waals surface area contributed by atoms with E-state index in [-0.39, 0.29) is 6.10 Å². The lowest BCUT2D eigenvalue weighted by atomic mass is 9.95. The second-order valence-corrected chi connectivity index (χ2v) is 3.24. The van der Waals surface area contributed by atoms with Gasteiger partial charge in [0.1, 0.15) is 19.3 Å². The Labute approximate surface area is 86.6 Å². The van der Waals surface area contributed by atoms with E-state index in [1.165, 1.54) is 0 Å². The van der Waals surface area contributed by atoms with E-state index < -0.39 is 0 Å². The summed E-state index contributed by atoms with van der Waals surface area (Å²) >= 11 is 0. The molecule has 3 heteroatoms. The summed E-state index contributed by atoms with van der Waals surface area (Å²) in [5, 5.41) is 0. The van der Waals surface area contributed by atoms with Crippen molar-refractivity contribution in [3.8, 4) is 11.5 Å². The van der Waals surface area contributed by atoms with Gasteiger partial charge in [0.25, 0.3) is 0 Å². The van der Waals surface area contributed by atoms with Crippen LogP contribution in [0.3, 0.4) is 0 Å². The van der Waals surface area contributed by atoms with Crippen LogP contribution in [0.2, 0.25) is 0 Å². The molecule has 1 rings (SSSR count). The first-order valence-corrected chi connectivity index (χ1v) is 4.77.